The maximum atomic E-state index is 11.8. The summed E-state index contributed by atoms with van der Waals surface area (Å²) in [4.78, 5) is 13.7. The van der Waals surface area contributed by atoms with Gasteiger partial charge in [-0.2, -0.15) is 0 Å². The summed E-state index contributed by atoms with van der Waals surface area (Å²) in [6, 6.07) is 0. The van der Waals surface area contributed by atoms with Crippen molar-refractivity contribution < 1.29 is 14.3 Å². The fourth-order valence-electron chi connectivity index (χ4n) is 2.35. The molecule has 1 amide bonds. The van der Waals surface area contributed by atoms with Crippen molar-refractivity contribution in [3.8, 4) is 0 Å². The van der Waals surface area contributed by atoms with Crippen LogP contribution in [0.4, 0.5) is 0 Å². The van der Waals surface area contributed by atoms with Crippen LogP contribution in [0.1, 0.15) is 19.3 Å². The van der Waals surface area contributed by atoms with Crippen LogP contribution in [0.25, 0.3) is 0 Å². The van der Waals surface area contributed by atoms with Crippen molar-refractivity contribution in [1.29, 1.82) is 0 Å². The Hall–Kier alpha value is -0.650. The van der Waals surface area contributed by atoms with Crippen molar-refractivity contribution in [2.45, 2.75) is 24.9 Å². The monoisotopic (exact) mass is 242 g/mol. The average molecular weight is 242 g/mol. The van der Waals surface area contributed by atoms with E-state index in [1.165, 1.54) is 6.42 Å². The third-order valence-corrected chi connectivity index (χ3v) is 3.78. The van der Waals surface area contributed by atoms with Gasteiger partial charge in [-0.3, -0.25) is 4.79 Å². The third-order valence-electron chi connectivity index (χ3n) is 3.78. The van der Waals surface area contributed by atoms with E-state index in [0.717, 1.165) is 32.5 Å². The first-order valence-corrected chi connectivity index (χ1v) is 6.37. The minimum absolute atomic E-state index is 0.00864. The summed E-state index contributed by atoms with van der Waals surface area (Å²) in [5.41, 5.74) is -0.00864. The van der Waals surface area contributed by atoms with E-state index in [1.807, 2.05) is 4.90 Å². The van der Waals surface area contributed by atoms with Gasteiger partial charge >= 0.3 is 0 Å². The Morgan fingerprint density at radius 1 is 1.41 bits per heavy atom. The van der Waals surface area contributed by atoms with E-state index in [2.05, 4.69) is 5.32 Å². The lowest BCUT2D eigenvalue weighted by molar-refractivity contribution is -0.134. The smallest absolute Gasteiger partial charge is 0.236 e. The summed E-state index contributed by atoms with van der Waals surface area (Å²) in [5, 5.41) is 3.22. The van der Waals surface area contributed by atoms with Gasteiger partial charge in [-0.05, 0) is 19.3 Å². The zero-order valence-corrected chi connectivity index (χ0v) is 10.5. The lowest BCUT2D eigenvalue weighted by atomic mass is 9.80. The van der Waals surface area contributed by atoms with Crippen LogP contribution in [-0.4, -0.2) is 62.9 Å². The van der Waals surface area contributed by atoms with E-state index in [0.29, 0.717) is 19.8 Å². The van der Waals surface area contributed by atoms with E-state index in [1.54, 1.807) is 7.11 Å². The van der Waals surface area contributed by atoms with Crippen molar-refractivity contribution in [2.24, 2.45) is 0 Å². The van der Waals surface area contributed by atoms with Crippen molar-refractivity contribution in [3.05, 3.63) is 0 Å². The predicted molar refractivity (Wildman–Crippen MR) is 63.9 cm³/mol. The number of hydrogen-bond acceptors (Lipinski definition) is 4. The number of hydrogen-bond donors (Lipinski definition) is 1. The molecule has 1 saturated heterocycles. The number of amides is 1. The van der Waals surface area contributed by atoms with Gasteiger partial charge in [0, 0.05) is 26.7 Å². The van der Waals surface area contributed by atoms with Crippen LogP contribution < -0.4 is 5.32 Å². The Balaban J connectivity index is 1.65. The van der Waals surface area contributed by atoms with Gasteiger partial charge in [-0.1, -0.05) is 0 Å². The molecule has 0 spiro atoms. The summed E-state index contributed by atoms with van der Waals surface area (Å²) in [6.45, 7) is 3.94. The Kier molecular flexibility index (Phi) is 4.36. The van der Waals surface area contributed by atoms with Gasteiger partial charge in [0.1, 0.15) is 0 Å². The van der Waals surface area contributed by atoms with E-state index in [-0.39, 0.29) is 11.5 Å². The van der Waals surface area contributed by atoms with E-state index >= 15 is 0 Å². The van der Waals surface area contributed by atoms with Gasteiger partial charge < -0.3 is 19.7 Å². The van der Waals surface area contributed by atoms with E-state index in [9.17, 15) is 4.79 Å². The molecule has 1 aliphatic heterocycles. The number of nitrogens with zero attached hydrogens (tertiary/aromatic N) is 1. The molecule has 1 heterocycles. The molecule has 2 fully saturated rings. The second-order valence-electron chi connectivity index (χ2n) is 4.84. The number of morpholine rings is 1. The molecule has 0 bridgehead atoms. The first-order valence-electron chi connectivity index (χ1n) is 6.37. The summed E-state index contributed by atoms with van der Waals surface area (Å²) in [7, 11) is 1.75. The predicted octanol–water partition coefficient (Wildman–Crippen LogP) is 0.00390. The highest BCUT2D eigenvalue weighted by Crippen LogP contribution is 2.34. The molecule has 2 rings (SSSR count). The summed E-state index contributed by atoms with van der Waals surface area (Å²) in [5.74, 6) is 0.166. The lowest BCUT2D eigenvalue weighted by Crippen LogP contribution is -2.51. The fraction of sp³-hybridized carbons (Fsp3) is 0.917. The third kappa shape index (κ3) is 3.18. The van der Waals surface area contributed by atoms with Gasteiger partial charge in [0.2, 0.25) is 5.91 Å². The highest BCUT2D eigenvalue weighted by Gasteiger charge is 2.36. The second kappa shape index (κ2) is 5.80. The molecular formula is C12H22N2O3. The number of carbonyl (C=O) groups excluding carboxylic acids is 1. The largest absolute Gasteiger partial charge is 0.378 e. The molecule has 5 heteroatoms. The van der Waals surface area contributed by atoms with Crippen LogP contribution in [0.15, 0.2) is 0 Å². The molecule has 0 unspecified atom stereocenters. The Bertz CT molecular complexity index is 255. The van der Waals surface area contributed by atoms with Crippen molar-refractivity contribution >= 4 is 5.91 Å². The minimum Gasteiger partial charge on any atom is -0.378 e. The van der Waals surface area contributed by atoms with Crippen LogP contribution in [0, 0.1) is 0 Å². The Morgan fingerprint density at radius 2 is 2.12 bits per heavy atom. The van der Waals surface area contributed by atoms with Crippen LogP contribution in [0.5, 0.6) is 0 Å². The van der Waals surface area contributed by atoms with Gasteiger partial charge in [0.15, 0.2) is 0 Å². The van der Waals surface area contributed by atoms with Crippen molar-refractivity contribution in [3.63, 3.8) is 0 Å². The van der Waals surface area contributed by atoms with Crippen molar-refractivity contribution in [1.82, 2.24) is 10.2 Å². The number of ether oxygens (including phenoxy) is 2. The van der Waals surface area contributed by atoms with Crippen molar-refractivity contribution in [2.75, 3.05) is 46.5 Å². The zero-order valence-electron chi connectivity index (χ0n) is 10.5. The molecule has 98 valence electrons. The second-order valence-corrected chi connectivity index (χ2v) is 4.84. The molecule has 0 aromatic heterocycles. The molecule has 1 aliphatic carbocycles. The molecule has 17 heavy (non-hydrogen) atoms. The molecule has 2 aliphatic rings. The van der Waals surface area contributed by atoms with E-state index < -0.39 is 0 Å². The minimum atomic E-state index is -0.00864. The summed E-state index contributed by atoms with van der Waals surface area (Å²) in [6.07, 6.45) is 3.43. The lowest BCUT2D eigenvalue weighted by Gasteiger charge is -2.40. The Morgan fingerprint density at radius 3 is 2.65 bits per heavy atom. The van der Waals surface area contributed by atoms with Crippen LogP contribution >= 0.6 is 0 Å². The highest BCUT2D eigenvalue weighted by atomic mass is 16.5. The van der Waals surface area contributed by atoms with E-state index in [4.69, 9.17) is 9.47 Å². The summed E-state index contributed by atoms with van der Waals surface area (Å²) >= 11 is 0. The Labute approximate surface area is 102 Å². The number of nitrogens with one attached hydrogen (secondary N) is 1. The quantitative estimate of drug-likeness (QED) is 0.737. The first-order chi connectivity index (χ1) is 8.26. The molecule has 1 N–H and O–H groups in total. The van der Waals surface area contributed by atoms with Gasteiger partial charge in [-0.25, -0.2) is 0 Å². The highest BCUT2D eigenvalue weighted by molar-refractivity contribution is 5.78. The number of methoxy groups -OCH3 is 1. The maximum absolute atomic E-state index is 11.8. The molecular weight excluding hydrogens is 220 g/mol. The average Bonchev–Trinajstić information content (AvgIpc) is 2.33. The van der Waals surface area contributed by atoms with Crippen LogP contribution in [0.3, 0.4) is 0 Å². The molecule has 0 aromatic rings. The molecule has 0 aromatic carbocycles. The molecule has 1 saturated carbocycles. The summed E-state index contributed by atoms with van der Waals surface area (Å²) < 4.78 is 10.7. The topological polar surface area (TPSA) is 50.8 Å². The normalized spacial score (nSPS) is 23.2. The molecule has 5 nitrogen and oxygen atoms in total. The zero-order chi connectivity index (χ0) is 12.1. The number of carbonyl (C=O) groups is 1. The SMILES string of the molecule is COC1(CNCC(=O)N2CCOCC2)CCC1. The van der Waals surface area contributed by atoms with Gasteiger partial charge in [0.05, 0.1) is 25.4 Å². The maximum Gasteiger partial charge on any atom is 0.236 e. The van der Waals surface area contributed by atoms with Crippen LogP contribution in [-0.2, 0) is 14.3 Å². The standard InChI is InChI=1S/C12H22N2O3/c1-16-12(3-2-4-12)10-13-9-11(15)14-5-7-17-8-6-14/h13H,2-10H2,1H3. The number of rotatable bonds is 5. The van der Waals surface area contributed by atoms with Gasteiger partial charge in [-0.15, -0.1) is 0 Å². The molecule has 0 atom stereocenters. The first kappa shape index (κ1) is 12.8. The van der Waals surface area contributed by atoms with Crippen LogP contribution in [0.2, 0.25) is 0 Å². The fourth-order valence-corrected chi connectivity index (χ4v) is 2.35. The molecule has 0 radical (unpaired) electrons. The van der Waals surface area contributed by atoms with Gasteiger partial charge in [0.25, 0.3) is 0 Å².